The molecule has 0 amide bonds. The Hall–Kier alpha value is -1.25. The summed E-state index contributed by atoms with van der Waals surface area (Å²) >= 11 is 7.88. The van der Waals surface area contributed by atoms with Gasteiger partial charge >= 0.3 is 0 Å². The van der Waals surface area contributed by atoms with Crippen LogP contribution in [-0.2, 0) is 0 Å². The number of allylic oxidation sites excluding steroid dienone is 1. The van der Waals surface area contributed by atoms with Crippen LogP contribution in [0.5, 0.6) is 0 Å². The van der Waals surface area contributed by atoms with Crippen LogP contribution in [0.4, 0.5) is 0 Å². The lowest BCUT2D eigenvalue weighted by Gasteiger charge is -1.98. The van der Waals surface area contributed by atoms with Gasteiger partial charge < -0.3 is 4.42 Å². The van der Waals surface area contributed by atoms with Crippen LogP contribution in [0.3, 0.4) is 0 Å². The fourth-order valence-corrected chi connectivity index (χ4v) is 1.92. The van der Waals surface area contributed by atoms with Gasteiger partial charge in [-0.15, -0.1) is 0 Å². The van der Waals surface area contributed by atoms with Gasteiger partial charge in [-0.1, -0.05) is 23.7 Å². The fraction of sp³-hybridized carbons (Fsp3) is 0. The van der Waals surface area contributed by atoms with Crippen LogP contribution in [0.15, 0.2) is 40.8 Å². The van der Waals surface area contributed by atoms with E-state index in [2.05, 4.69) is 28.7 Å². The minimum absolute atomic E-state index is 0.549. The van der Waals surface area contributed by atoms with Gasteiger partial charge in [0.15, 0.2) is 3.77 Å². The summed E-state index contributed by atoms with van der Waals surface area (Å²) in [6.45, 7) is 0. The molecule has 84 valence electrons. The molecule has 0 fully saturated rings. The molecule has 0 N–H and O–H groups in total. The number of hydrogen-bond acceptors (Lipinski definition) is 2. The molecular weight excluding hydrogens is 349 g/mol. The third-order valence-corrected chi connectivity index (χ3v) is 2.99. The maximum absolute atomic E-state index is 9.12. The number of nitriles is 1. The summed E-state index contributed by atoms with van der Waals surface area (Å²) in [6.07, 6.45) is 1.71. The lowest BCUT2D eigenvalue weighted by atomic mass is 10.1. The molecule has 0 bridgehead atoms. The van der Waals surface area contributed by atoms with E-state index in [0.29, 0.717) is 16.4 Å². The largest absolute Gasteiger partial charge is 0.451 e. The summed E-state index contributed by atoms with van der Waals surface area (Å²) in [6, 6.07) is 13.0. The molecule has 0 spiro atoms. The van der Waals surface area contributed by atoms with Gasteiger partial charge in [-0.05, 0) is 58.5 Å². The van der Waals surface area contributed by atoms with Gasteiger partial charge in [0.05, 0.1) is 11.6 Å². The first kappa shape index (κ1) is 12.2. The highest BCUT2D eigenvalue weighted by molar-refractivity contribution is 14.1. The van der Waals surface area contributed by atoms with E-state index in [0.717, 1.165) is 9.33 Å². The fourth-order valence-electron chi connectivity index (χ4n) is 1.36. The van der Waals surface area contributed by atoms with Crippen molar-refractivity contribution in [1.29, 1.82) is 5.26 Å². The Bertz CT molecular complexity index is 593. The Morgan fingerprint density at radius 2 is 1.94 bits per heavy atom. The molecule has 0 atom stereocenters. The Balaban J connectivity index is 2.37. The molecule has 0 saturated carbocycles. The second-order valence-corrected chi connectivity index (χ2v) is 4.82. The number of hydrogen-bond donors (Lipinski definition) is 0. The molecule has 4 heteroatoms. The number of halogens is 2. The van der Waals surface area contributed by atoms with Crippen LogP contribution >= 0.6 is 34.2 Å². The van der Waals surface area contributed by atoms with Gasteiger partial charge in [0, 0.05) is 5.02 Å². The summed E-state index contributed by atoms with van der Waals surface area (Å²) in [5.74, 6) is 0.668. The first-order valence-corrected chi connectivity index (χ1v) is 6.28. The van der Waals surface area contributed by atoms with E-state index in [1.54, 1.807) is 18.2 Å². The molecule has 1 heterocycles. The minimum atomic E-state index is 0.549. The molecule has 0 aliphatic heterocycles. The second-order valence-electron chi connectivity index (χ2n) is 3.32. The van der Waals surface area contributed by atoms with E-state index < -0.39 is 0 Å². The average Bonchev–Trinajstić information content (AvgIpc) is 2.73. The highest BCUT2D eigenvalue weighted by atomic mass is 127. The zero-order valence-corrected chi connectivity index (χ0v) is 11.6. The van der Waals surface area contributed by atoms with Gasteiger partial charge in [0.2, 0.25) is 0 Å². The molecule has 2 nitrogen and oxygen atoms in total. The summed E-state index contributed by atoms with van der Waals surface area (Å²) in [4.78, 5) is 0. The van der Waals surface area contributed by atoms with Crippen molar-refractivity contribution in [3.05, 3.63) is 56.5 Å². The molecule has 0 aliphatic carbocycles. The summed E-state index contributed by atoms with van der Waals surface area (Å²) in [7, 11) is 0. The van der Waals surface area contributed by atoms with Crippen molar-refractivity contribution in [1.82, 2.24) is 0 Å². The van der Waals surface area contributed by atoms with Crippen molar-refractivity contribution >= 4 is 45.8 Å². The average molecular weight is 356 g/mol. The summed E-state index contributed by atoms with van der Waals surface area (Å²) in [5, 5.41) is 9.77. The van der Waals surface area contributed by atoms with E-state index in [-0.39, 0.29) is 0 Å². The molecule has 17 heavy (non-hydrogen) atoms. The second kappa shape index (κ2) is 5.39. The molecule has 1 aromatic heterocycles. The van der Waals surface area contributed by atoms with Gasteiger partial charge in [0.1, 0.15) is 5.76 Å². The summed E-state index contributed by atoms with van der Waals surface area (Å²) in [5.41, 5.74) is 1.37. The van der Waals surface area contributed by atoms with Crippen molar-refractivity contribution in [3.63, 3.8) is 0 Å². The topological polar surface area (TPSA) is 36.9 Å². The Kier molecular flexibility index (Phi) is 3.87. The highest BCUT2D eigenvalue weighted by Crippen LogP contribution is 2.21. The van der Waals surface area contributed by atoms with E-state index >= 15 is 0 Å². The first-order valence-electron chi connectivity index (χ1n) is 4.82. The number of furan rings is 1. The van der Waals surface area contributed by atoms with Crippen molar-refractivity contribution < 1.29 is 4.42 Å². The quantitative estimate of drug-likeness (QED) is 0.583. The van der Waals surface area contributed by atoms with Crippen molar-refractivity contribution in [3.8, 4) is 6.07 Å². The molecule has 0 aliphatic rings. The third kappa shape index (κ3) is 3.11. The third-order valence-electron chi connectivity index (χ3n) is 2.16. The maximum Gasteiger partial charge on any atom is 0.164 e. The first-order chi connectivity index (χ1) is 8.19. The lowest BCUT2D eigenvalue weighted by molar-refractivity contribution is 0.528. The van der Waals surface area contributed by atoms with E-state index in [9.17, 15) is 0 Å². The van der Waals surface area contributed by atoms with Crippen LogP contribution in [0.2, 0.25) is 5.02 Å². The van der Waals surface area contributed by atoms with Crippen LogP contribution in [-0.4, -0.2) is 0 Å². The van der Waals surface area contributed by atoms with E-state index in [4.69, 9.17) is 21.3 Å². The number of rotatable bonds is 2. The van der Waals surface area contributed by atoms with E-state index in [1.165, 1.54) is 0 Å². The van der Waals surface area contributed by atoms with Gasteiger partial charge in [0.25, 0.3) is 0 Å². The van der Waals surface area contributed by atoms with Crippen LogP contribution in [0.1, 0.15) is 11.3 Å². The van der Waals surface area contributed by atoms with Gasteiger partial charge in [-0.3, -0.25) is 0 Å². The van der Waals surface area contributed by atoms with Crippen molar-refractivity contribution in [2.45, 2.75) is 0 Å². The molecule has 1 aromatic carbocycles. The SMILES string of the molecule is N#C/C(=C/c1ccc(I)o1)c1ccc(Cl)cc1. The van der Waals surface area contributed by atoms with Crippen LogP contribution in [0, 0.1) is 15.1 Å². The normalized spacial score (nSPS) is 11.2. The zero-order chi connectivity index (χ0) is 12.3. The zero-order valence-electron chi connectivity index (χ0n) is 8.65. The maximum atomic E-state index is 9.12. The van der Waals surface area contributed by atoms with E-state index in [1.807, 2.05) is 24.3 Å². The number of nitrogens with zero attached hydrogens (tertiary/aromatic N) is 1. The molecular formula is C13H7ClINO. The highest BCUT2D eigenvalue weighted by Gasteiger charge is 2.03. The standard InChI is InChI=1S/C13H7ClINO/c14-11-3-1-9(2-4-11)10(8-16)7-12-5-6-13(15)17-12/h1-7H/b10-7-. The summed E-state index contributed by atoms with van der Waals surface area (Å²) < 4.78 is 6.19. The van der Waals surface area contributed by atoms with Crippen molar-refractivity contribution in [2.75, 3.05) is 0 Å². The predicted molar refractivity (Wildman–Crippen MR) is 76.4 cm³/mol. The Labute approximate surface area is 118 Å². The smallest absolute Gasteiger partial charge is 0.164 e. The molecule has 0 saturated heterocycles. The van der Waals surface area contributed by atoms with Crippen molar-refractivity contribution in [2.24, 2.45) is 0 Å². The number of benzene rings is 1. The predicted octanol–water partition coefficient (Wildman–Crippen LogP) is 4.60. The van der Waals surface area contributed by atoms with Gasteiger partial charge in [-0.25, -0.2) is 0 Å². The monoisotopic (exact) mass is 355 g/mol. The van der Waals surface area contributed by atoms with Crippen LogP contribution in [0.25, 0.3) is 11.6 Å². The van der Waals surface area contributed by atoms with Crippen LogP contribution < -0.4 is 0 Å². The molecule has 0 unspecified atom stereocenters. The lowest BCUT2D eigenvalue weighted by Crippen LogP contribution is -1.80. The molecule has 2 aromatic rings. The molecule has 2 rings (SSSR count). The Morgan fingerprint density at radius 3 is 2.47 bits per heavy atom. The van der Waals surface area contributed by atoms with Gasteiger partial charge in [-0.2, -0.15) is 5.26 Å². The Morgan fingerprint density at radius 1 is 1.24 bits per heavy atom. The minimum Gasteiger partial charge on any atom is -0.451 e. The molecule has 0 radical (unpaired) electrons.